The van der Waals surface area contributed by atoms with Gasteiger partial charge in [-0.15, -0.1) is 0 Å². The van der Waals surface area contributed by atoms with Crippen LogP contribution >= 0.6 is 0 Å². The summed E-state index contributed by atoms with van der Waals surface area (Å²) in [5, 5.41) is 4.12. The molecule has 0 saturated carbocycles. The van der Waals surface area contributed by atoms with Gasteiger partial charge >= 0.3 is 0 Å². The molecular weight excluding hydrogens is 216 g/mol. The first-order valence-electron chi connectivity index (χ1n) is 5.33. The Morgan fingerprint density at radius 2 is 2.29 bits per heavy atom. The molecule has 90 valence electrons. The average Bonchev–Trinajstić information content (AvgIpc) is 2.75. The predicted molar refractivity (Wildman–Crippen MR) is 65.6 cm³/mol. The number of hydrazine groups is 1. The van der Waals surface area contributed by atoms with E-state index in [1.54, 1.807) is 29.3 Å². The molecule has 2 rings (SSSR count). The summed E-state index contributed by atoms with van der Waals surface area (Å²) in [6.45, 7) is 0. The quantitative estimate of drug-likeness (QED) is 0.515. The van der Waals surface area contributed by atoms with Crippen molar-refractivity contribution in [2.75, 3.05) is 5.73 Å². The zero-order chi connectivity index (χ0) is 12.3. The van der Waals surface area contributed by atoms with Gasteiger partial charge < -0.3 is 5.73 Å². The lowest BCUT2D eigenvalue weighted by molar-refractivity contribution is 0.551. The van der Waals surface area contributed by atoms with Crippen molar-refractivity contribution in [3.8, 4) is 0 Å². The molecule has 2 aromatic heterocycles. The van der Waals surface area contributed by atoms with E-state index in [2.05, 4.69) is 15.5 Å². The Morgan fingerprint density at radius 1 is 1.47 bits per heavy atom. The second kappa shape index (κ2) is 4.94. The van der Waals surface area contributed by atoms with Gasteiger partial charge in [0, 0.05) is 36.9 Å². The Balaban J connectivity index is 2.18. The minimum atomic E-state index is -0.0183. The van der Waals surface area contributed by atoms with Crippen LogP contribution in [0.2, 0.25) is 0 Å². The van der Waals surface area contributed by atoms with Crippen LogP contribution in [0.5, 0.6) is 0 Å². The number of nitrogens with two attached hydrogens (primary N) is 2. The van der Waals surface area contributed by atoms with E-state index in [0.29, 0.717) is 6.42 Å². The molecule has 2 heterocycles. The highest BCUT2D eigenvalue weighted by molar-refractivity contribution is 5.45. The molecule has 17 heavy (non-hydrogen) atoms. The van der Waals surface area contributed by atoms with Crippen LogP contribution in [0.15, 0.2) is 30.9 Å². The molecule has 0 bridgehead atoms. The normalized spacial score (nSPS) is 12.6. The lowest BCUT2D eigenvalue weighted by atomic mass is 10.0. The molecule has 0 radical (unpaired) electrons. The molecule has 0 aliphatic rings. The Labute approximate surface area is 99.6 Å². The Kier molecular flexibility index (Phi) is 3.36. The van der Waals surface area contributed by atoms with Gasteiger partial charge in [0.25, 0.3) is 0 Å². The van der Waals surface area contributed by atoms with Crippen LogP contribution in [-0.4, -0.2) is 14.8 Å². The Bertz CT molecular complexity index is 492. The highest BCUT2D eigenvalue weighted by Gasteiger charge is 2.13. The molecule has 6 heteroatoms. The average molecular weight is 232 g/mol. The number of nitrogen functional groups attached to an aromatic ring is 1. The maximum Gasteiger partial charge on any atom is 0.0538 e. The second-order valence-corrected chi connectivity index (χ2v) is 3.95. The van der Waals surface area contributed by atoms with Crippen molar-refractivity contribution in [2.24, 2.45) is 12.9 Å². The largest absolute Gasteiger partial charge is 0.398 e. The number of hydrogen-bond acceptors (Lipinski definition) is 5. The number of nitrogens with zero attached hydrogens (tertiary/aromatic N) is 3. The summed E-state index contributed by atoms with van der Waals surface area (Å²) >= 11 is 0. The molecule has 0 aliphatic heterocycles. The van der Waals surface area contributed by atoms with Gasteiger partial charge in [0.2, 0.25) is 0 Å². The summed E-state index contributed by atoms with van der Waals surface area (Å²) in [7, 11) is 1.87. The van der Waals surface area contributed by atoms with Gasteiger partial charge in [-0.1, -0.05) is 0 Å². The molecular formula is C11H16N6. The van der Waals surface area contributed by atoms with Gasteiger partial charge in [0.05, 0.1) is 12.2 Å². The van der Waals surface area contributed by atoms with Crippen LogP contribution in [0.25, 0.3) is 0 Å². The first-order valence-corrected chi connectivity index (χ1v) is 5.33. The predicted octanol–water partition coefficient (Wildman–Crippen LogP) is 0.144. The summed E-state index contributed by atoms with van der Waals surface area (Å²) in [4.78, 5) is 4.06. The van der Waals surface area contributed by atoms with Crippen molar-refractivity contribution in [1.29, 1.82) is 0 Å². The van der Waals surface area contributed by atoms with Crippen LogP contribution in [0.1, 0.15) is 17.2 Å². The number of hydrogen-bond donors (Lipinski definition) is 3. The van der Waals surface area contributed by atoms with Crippen molar-refractivity contribution in [1.82, 2.24) is 20.2 Å². The van der Waals surface area contributed by atoms with E-state index in [9.17, 15) is 0 Å². The molecule has 0 aliphatic carbocycles. The van der Waals surface area contributed by atoms with E-state index < -0.39 is 0 Å². The minimum Gasteiger partial charge on any atom is -0.398 e. The van der Waals surface area contributed by atoms with Crippen molar-refractivity contribution in [3.05, 3.63) is 42.0 Å². The van der Waals surface area contributed by atoms with Gasteiger partial charge in [-0.2, -0.15) is 5.10 Å². The molecule has 5 N–H and O–H groups in total. The maximum absolute atomic E-state index is 5.88. The first-order chi connectivity index (χ1) is 8.20. The monoisotopic (exact) mass is 232 g/mol. The topological polar surface area (TPSA) is 94.8 Å². The van der Waals surface area contributed by atoms with Gasteiger partial charge in [-0.05, 0) is 18.1 Å². The maximum atomic E-state index is 5.88. The van der Waals surface area contributed by atoms with Crippen LogP contribution in [-0.2, 0) is 13.5 Å². The van der Waals surface area contributed by atoms with Gasteiger partial charge in [0.1, 0.15) is 0 Å². The fraction of sp³-hybridized carbons (Fsp3) is 0.273. The molecule has 1 atom stereocenters. The summed E-state index contributed by atoms with van der Waals surface area (Å²) in [6.07, 6.45) is 7.83. The van der Waals surface area contributed by atoms with E-state index >= 15 is 0 Å². The van der Waals surface area contributed by atoms with Gasteiger partial charge in [-0.25, -0.2) is 0 Å². The fourth-order valence-corrected chi connectivity index (χ4v) is 1.72. The molecule has 0 aromatic carbocycles. The van der Waals surface area contributed by atoms with Crippen molar-refractivity contribution >= 4 is 5.69 Å². The summed E-state index contributed by atoms with van der Waals surface area (Å²) in [5.41, 5.74) is 11.4. The van der Waals surface area contributed by atoms with Crippen molar-refractivity contribution in [3.63, 3.8) is 0 Å². The third-order valence-corrected chi connectivity index (χ3v) is 2.69. The highest BCUT2D eigenvalue weighted by Crippen LogP contribution is 2.19. The second-order valence-electron chi connectivity index (χ2n) is 3.95. The molecule has 0 spiro atoms. The summed E-state index contributed by atoms with van der Waals surface area (Å²) in [6, 6.07) is 1.77. The van der Waals surface area contributed by atoms with Crippen LogP contribution in [0.4, 0.5) is 5.69 Å². The number of anilines is 1. The van der Waals surface area contributed by atoms with E-state index in [1.165, 1.54) is 0 Å². The number of pyridine rings is 1. The van der Waals surface area contributed by atoms with Crippen LogP contribution < -0.4 is 17.0 Å². The number of rotatable bonds is 4. The lowest BCUT2D eigenvalue weighted by Gasteiger charge is -2.14. The van der Waals surface area contributed by atoms with E-state index in [0.717, 1.165) is 16.8 Å². The summed E-state index contributed by atoms with van der Waals surface area (Å²) in [5.74, 6) is 5.56. The standard InChI is InChI=1S/C11H16N6/c1-17-7-9(6-15-17)11(16-13)4-8-5-14-3-2-10(8)12/h2-3,5-7,11,16H,4,13H2,1H3,(H2,12,14). The third kappa shape index (κ3) is 2.61. The zero-order valence-corrected chi connectivity index (χ0v) is 9.67. The SMILES string of the molecule is Cn1cc(C(Cc2cnccc2N)NN)cn1. The minimum absolute atomic E-state index is 0.0183. The molecule has 1 unspecified atom stereocenters. The molecule has 6 nitrogen and oxygen atoms in total. The van der Waals surface area contributed by atoms with E-state index in [-0.39, 0.29) is 6.04 Å². The fourth-order valence-electron chi connectivity index (χ4n) is 1.72. The van der Waals surface area contributed by atoms with Gasteiger partial charge in [0.15, 0.2) is 0 Å². The van der Waals surface area contributed by atoms with Crippen molar-refractivity contribution < 1.29 is 0 Å². The molecule has 2 aromatic rings. The van der Waals surface area contributed by atoms with Crippen LogP contribution in [0.3, 0.4) is 0 Å². The lowest BCUT2D eigenvalue weighted by Crippen LogP contribution is -2.29. The summed E-state index contributed by atoms with van der Waals surface area (Å²) < 4.78 is 1.74. The Morgan fingerprint density at radius 3 is 2.88 bits per heavy atom. The third-order valence-electron chi connectivity index (χ3n) is 2.69. The number of aryl methyl sites for hydroxylation is 1. The number of aromatic nitrogens is 3. The smallest absolute Gasteiger partial charge is 0.0538 e. The Hall–Kier alpha value is -1.92. The highest BCUT2D eigenvalue weighted by atomic mass is 15.3. The first kappa shape index (κ1) is 11.6. The number of nitrogens with one attached hydrogen (secondary N) is 1. The van der Waals surface area contributed by atoms with E-state index in [4.69, 9.17) is 11.6 Å². The van der Waals surface area contributed by atoms with Gasteiger partial charge in [-0.3, -0.25) is 20.9 Å². The van der Waals surface area contributed by atoms with E-state index in [1.807, 2.05) is 13.2 Å². The van der Waals surface area contributed by atoms with Crippen LogP contribution in [0, 0.1) is 0 Å². The molecule has 0 fully saturated rings. The van der Waals surface area contributed by atoms with Crippen molar-refractivity contribution in [2.45, 2.75) is 12.5 Å². The molecule has 0 amide bonds. The molecule has 0 saturated heterocycles. The zero-order valence-electron chi connectivity index (χ0n) is 9.67.